The van der Waals surface area contributed by atoms with Gasteiger partial charge in [0.15, 0.2) is 0 Å². The van der Waals surface area contributed by atoms with Gasteiger partial charge in [-0.2, -0.15) is 0 Å². The average Bonchev–Trinajstić information content (AvgIpc) is 3.23. The summed E-state index contributed by atoms with van der Waals surface area (Å²) in [6.07, 6.45) is 9.98. The summed E-state index contributed by atoms with van der Waals surface area (Å²) in [5.41, 5.74) is 6.23. The Hall–Kier alpha value is -1.29. The van der Waals surface area contributed by atoms with Crippen LogP contribution in [0.2, 0.25) is 0 Å². The van der Waals surface area contributed by atoms with Crippen LogP contribution in [0.25, 0.3) is 0 Å². The summed E-state index contributed by atoms with van der Waals surface area (Å²) in [6, 6.07) is 2.68. The molecular formula is C17H26N2O2. The fraction of sp³-hybridized carbons (Fsp3) is 0.706. The normalized spacial score (nSPS) is 25.8. The van der Waals surface area contributed by atoms with Crippen molar-refractivity contribution in [3.05, 3.63) is 23.7 Å². The van der Waals surface area contributed by atoms with Crippen LogP contribution in [-0.2, 0) is 6.54 Å². The molecule has 1 amide bonds. The largest absolute Gasteiger partial charge is 0.467 e. The van der Waals surface area contributed by atoms with Crippen LogP contribution in [0.5, 0.6) is 0 Å². The fourth-order valence-electron chi connectivity index (χ4n) is 3.56. The van der Waals surface area contributed by atoms with Crippen molar-refractivity contribution in [3.63, 3.8) is 0 Å². The molecule has 2 fully saturated rings. The molecule has 2 aliphatic carbocycles. The highest BCUT2D eigenvalue weighted by atomic mass is 16.3. The highest BCUT2D eigenvalue weighted by Gasteiger charge is 2.39. The van der Waals surface area contributed by atoms with Crippen molar-refractivity contribution >= 4 is 5.91 Å². The Balaban J connectivity index is 1.71. The molecule has 2 aliphatic rings. The Labute approximate surface area is 126 Å². The van der Waals surface area contributed by atoms with E-state index in [9.17, 15) is 4.79 Å². The van der Waals surface area contributed by atoms with Gasteiger partial charge in [-0.15, -0.1) is 0 Å². The van der Waals surface area contributed by atoms with Crippen molar-refractivity contribution in [2.24, 2.45) is 11.7 Å². The van der Waals surface area contributed by atoms with E-state index in [1.54, 1.807) is 12.3 Å². The zero-order chi connectivity index (χ0) is 14.8. The molecule has 0 aromatic carbocycles. The zero-order valence-corrected chi connectivity index (χ0v) is 12.9. The van der Waals surface area contributed by atoms with Crippen LogP contribution in [0.1, 0.15) is 68.0 Å². The van der Waals surface area contributed by atoms with Gasteiger partial charge in [-0.05, 0) is 50.5 Å². The Morgan fingerprint density at radius 1 is 1.24 bits per heavy atom. The predicted molar refractivity (Wildman–Crippen MR) is 81.8 cm³/mol. The number of nitrogens with two attached hydrogens (primary N) is 1. The molecule has 0 aliphatic heterocycles. The molecule has 0 atom stereocenters. The maximum absolute atomic E-state index is 12.8. The van der Waals surface area contributed by atoms with Crippen LogP contribution in [0.4, 0.5) is 0 Å². The second kappa shape index (κ2) is 6.22. The van der Waals surface area contributed by atoms with E-state index in [2.05, 4.69) is 11.8 Å². The van der Waals surface area contributed by atoms with Gasteiger partial charge < -0.3 is 15.1 Å². The molecular weight excluding hydrogens is 264 g/mol. The third kappa shape index (κ3) is 3.15. The molecule has 21 heavy (non-hydrogen) atoms. The van der Waals surface area contributed by atoms with Crippen molar-refractivity contribution in [2.45, 2.75) is 70.5 Å². The molecule has 2 N–H and O–H groups in total. The molecule has 116 valence electrons. The summed E-state index contributed by atoms with van der Waals surface area (Å²) in [6.45, 7) is 2.62. The van der Waals surface area contributed by atoms with E-state index in [0.717, 1.165) is 31.6 Å². The summed E-state index contributed by atoms with van der Waals surface area (Å²) in [5.74, 6) is 1.68. The number of hydrogen-bond acceptors (Lipinski definition) is 3. The van der Waals surface area contributed by atoms with E-state index in [4.69, 9.17) is 10.2 Å². The Morgan fingerprint density at radius 3 is 2.33 bits per heavy atom. The fourth-order valence-corrected chi connectivity index (χ4v) is 3.56. The third-order valence-corrected chi connectivity index (χ3v) is 5.06. The van der Waals surface area contributed by atoms with Crippen LogP contribution in [0.15, 0.2) is 16.7 Å². The van der Waals surface area contributed by atoms with Crippen molar-refractivity contribution < 1.29 is 9.21 Å². The van der Waals surface area contributed by atoms with Gasteiger partial charge in [0.2, 0.25) is 0 Å². The van der Waals surface area contributed by atoms with Crippen LogP contribution >= 0.6 is 0 Å². The van der Waals surface area contributed by atoms with Gasteiger partial charge in [-0.1, -0.05) is 13.3 Å². The Bertz CT molecular complexity index is 485. The van der Waals surface area contributed by atoms with Crippen molar-refractivity contribution in [3.8, 4) is 0 Å². The first-order chi connectivity index (χ1) is 10.2. The molecule has 0 saturated heterocycles. The number of furan rings is 1. The van der Waals surface area contributed by atoms with Crippen molar-refractivity contribution in [2.75, 3.05) is 0 Å². The van der Waals surface area contributed by atoms with Gasteiger partial charge in [0.1, 0.15) is 12.0 Å². The first-order valence-corrected chi connectivity index (χ1v) is 8.33. The Morgan fingerprint density at radius 2 is 1.86 bits per heavy atom. The number of nitrogens with zero attached hydrogens (tertiary/aromatic N) is 1. The molecule has 1 aromatic heterocycles. The summed E-state index contributed by atoms with van der Waals surface area (Å²) in [4.78, 5) is 15.0. The lowest BCUT2D eigenvalue weighted by atomic mass is 9.83. The molecule has 0 unspecified atom stereocenters. The van der Waals surface area contributed by atoms with Crippen LogP contribution in [0, 0.1) is 5.92 Å². The number of carbonyl (C=O) groups is 1. The van der Waals surface area contributed by atoms with E-state index in [-0.39, 0.29) is 5.91 Å². The molecule has 0 radical (unpaired) electrons. The monoisotopic (exact) mass is 290 g/mol. The summed E-state index contributed by atoms with van der Waals surface area (Å²) in [5, 5.41) is 0. The van der Waals surface area contributed by atoms with E-state index >= 15 is 0 Å². The van der Waals surface area contributed by atoms with E-state index < -0.39 is 0 Å². The topological polar surface area (TPSA) is 59.5 Å². The molecule has 1 aromatic rings. The first kappa shape index (κ1) is 14.6. The van der Waals surface area contributed by atoms with Gasteiger partial charge in [0.05, 0.1) is 12.1 Å². The van der Waals surface area contributed by atoms with Crippen LogP contribution in [-0.4, -0.2) is 22.9 Å². The lowest BCUT2D eigenvalue weighted by molar-refractivity contribution is 0.0586. The quantitative estimate of drug-likeness (QED) is 0.905. The number of amides is 1. The first-order valence-electron chi connectivity index (χ1n) is 8.33. The summed E-state index contributed by atoms with van der Waals surface area (Å²) in [7, 11) is 0. The maximum Gasteiger partial charge on any atom is 0.257 e. The number of carbonyl (C=O) groups excluding carboxylic acids is 1. The average molecular weight is 290 g/mol. The molecule has 4 heteroatoms. The number of hydrogen-bond donors (Lipinski definition) is 1. The predicted octanol–water partition coefficient (Wildman–Crippen LogP) is 3.31. The Kier molecular flexibility index (Phi) is 4.34. The summed E-state index contributed by atoms with van der Waals surface area (Å²) < 4.78 is 5.33. The lowest BCUT2D eigenvalue weighted by Gasteiger charge is -2.37. The maximum atomic E-state index is 12.8. The van der Waals surface area contributed by atoms with Crippen molar-refractivity contribution in [1.29, 1.82) is 0 Å². The van der Waals surface area contributed by atoms with Gasteiger partial charge in [0.25, 0.3) is 5.91 Å². The van der Waals surface area contributed by atoms with Gasteiger partial charge >= 0.3 is 0 Å². The minimum atomic E-state index is 0.140. The highest BCUT2D eigenvalue weighted by Crippen LogP contribution is 2.37. The molecule has 3 rings (SSSR count). The van der Waals surface area contributed by atoms with Gasteiger partial charge in [-0.3, -0.25) is 4.79 Å². The van der Waals surface area contributed by atoms with E-state index in [1.807, 2.05) is 0 Å². The standard InChI is InChI=1S/C17H26N2O2/c1-2-12-3-5-14(6-4-12)19(15-7-8-15)17(20)13-9-16(10-18)21-11-13/h9,11-12,14-15H,2-8,10,18H2,1H3. The molecule has 1 heterocycles. The third-order valence-electron chi connectivity index (χ3n) is 5.06. The van der Waals surface area contributed by atoms with E-state index in [0.29, 0.717) is 30.0 Å². The molecule has 4 nitrogen and oxygen atoms in total. The second-order valence-corrected chi connectivity index (χ2v) is 6.53. The minimum absolute atomic E-state index is 0.140. The minimum Gasteiger partial charge on any atom is -0.467 e. The smallest absolute Gasteiger partial charge is 0.257 e. The SMILES string of the molecule is CCC1CCC(N(C(=O)c2coc(CN)c2)C2CC2)CC1. The van der Waals surface area contributed by atoms with Crippen LogP contribution < -0.4 is 5.73 Å². The lowest BCUT2D eigenvalue weighted by Crippen LogP contribution is -2.43. The highest BCUT2D eigenvalue weighted by molar-refractivity contribution is 5.94. The van der Waals surface area contributed by atoms with Gasteiger partial charge in [0, 0.05) is 12.1 Å². The molecule has 0 bridgehead atoms. The molecule has 0 spiro atoms. The number of rotatable bonds is 5. The zero-order valence-electron chi connectivity index (χ0n) is 12.9. The summed E-state index contributed by atoms with van der Waals surface area (Å²) >= 11 is 0. The van der Waals surface area contributed by atoms with Gasteiger partial charge in [-0.25, -0.2) is 0 Å². The second-order valence-electron chi connectivity index (χ2n) is 6.53. The van der Waals surface area contributed by atoms with Crippen molar-refractivity contribution in [1.82, 2.24) is 4.90 Å². The van der Waals surface area contributed by atoms with E-state index in [1.165, 1.54) is 19.3 Å². The molecule has 2 saturated carbocycles. The van der Waals surface area contributed by atoms with Crippen LogP contribution in [0.3, 0.4) is 0 Å².